The molecule has 1 aliphatic heterocycles. The van der Waals surface area contributed by atoms with Crippen molar-refractivity contribution < 1.29 is 4.79 Å². The van der Waals surface area contributed by atoms with Crippen molar-refractivity contribution >= 4 is 5.91 Å². The van der Waals surface area contributed by atoms with Crippen LogP contribution in [0.5, 0.6) is 0 Å². The highest BCUT2D eigenvalue weighted by atomic mass is 16.2. The fourth-order valence-electron chi connectivity index (χ4n) is 2.43. The summed E-state index contributed by atoms with van der Waals surface area (Å²) in [4.78, 5) is 14.0. The van der Waals surface area contributed by atoms with E-state index in [1.165, 1.54) is 6.42 Å². The maximum Gasteiger partial charge on any atom is 0.225 e. The Morgan fingerprint density at radius 1 is 1.20 bits per heavy atom. The Hall–Kier alpha value is -0.530. The van der Waals surface area contributed by atoms with Crippen molar-refractivity contribution in [3.63, 3.8) is 0 Å². The van der Waals surface area contributed by atoms with Gasteiger partial charge in [0.25, 0.3) is 0 Å². The molecule has 0 bridgehead atoms. The molecule has 1 rings (SSSR count). The summed E-state index contributed by atoms with van der Waals surface area (Å²) in [6, 6.07) is 0. The van der Waals surface area contributed by atoms with Gasteiger partial charge in [0.2, 0.25) is 5.91 Å². The largest absolute Gasteiger partial charge is 0.342 e. The Kier molecular flexibility index (Phi) is 4.18. The molecule has 2 heteroatoms. The van der Waals surface area contributed by atoms with Crippen molar-refractivity contribution in [2.24, 2.45) is 23.7 Å². The molecule has 0 N–H and O–H groups in total. The number of nitrogens with zero attached hydrogens (tertiary/aromatic N) is 1. The van der Waals surface area contributed by atoms with Gasteiger partial charge in [-0.3, -0.25) is 4.79 Å². The second-order valence-electron chi connectivity index (χ2n) is 5.74. The number of hydrogen-bond donors (Lipinski definition) is 0. The molecule has 2 unspecified atom stereocenters. The number of likely N-dealkylation sites (tertiary alicyclic amines) is 1. The maximum absolute atomic E-state index is 11.9. The van der Waals surface area contributed by atoms with Crippen LogP contribution in [-0.4, -0.2) is 23.9 Å². The average molecular weight is 211 g/mol. The summed E-state index contributed by atoms with van der Waals surface area (Å²) >= 11 is 0. The number of carbonyl (C=O) groups excluding carboxylic acids is 1. The van der Waals surface area contributed by atoms with Gasteiger partial charge in [-0.15, -0.1) is 0 Å². The molecule has 0 aliphatic carbocycles. The van der Waals surface area contributed by atoms with Crippen molar-refractivity contribution in [1.29, 1.82) is 0 Å². The van der Waals surface area contributed by atoms with Gasteiger partial charge >= 0.3 is 0 Å². The van der Waals surface area contributed by atoms with E-state index < -0.39 is 0 Å². The highest BCUT2D eigenvalue weighted by Gasteiger charge is 2.30. The lowest BCUT2D eigenvalue weighted by Crippen LogP contribution is -2.46. The first-order chi connectivity index (χ1) is 6.91. The van der Waals surface area contributed by atoms with Crippen LogP contribution in [0.2, 0.25) is 0 Å². The minimum Gasteiger partial charge on any atom is -0.342 e. The third-order valence-corrected chi connectivity index (χ3v) is 3.44. The number of carbonyl (C=O) groups is 1. The van der Waals surface area contributed by atoms with Crippen molar-refractivity contribution in [2.75, 3.05) is 13.1 Å². The maximum atomic E-state index is 11.9. The molecule has 1 fully saturated rings. The molecule has 0 aromatic carbocycles. The van der Waals surface area contributed by atoms with E-state index in [1.807, 2.05) is 13.8 Å². The Morgan fingerprint density at radius 2 is 1.80 bits per heavy atom. The fourth-order valence-corrected chi connectivity index (χ4v) is 2.43. The van der Waals surface area contributed by atoms with Crippen molar-refractivity contribution in [1.82, 2.24) is 4.90 Å². The average Bonchev–Trinajstić information content (AvgIpc) is 2.15. The normalized spacial score (nSPS) is 27.5. The minimum atomic E-state index is 0.142. The Bertz CT molecular complexity index is 223. The highest BCUT2D eigenvalue weighted by molar-refractivity contribution is 5.78. The summed E-state index contributed by atoms with van der Waals surface area (Å²) in [7, 11) is 0. The first kappa shape index (κ1) is 12.5. The van der Waals surface area contributed by atoms with Gasteiger partial charge in [-0.2, -0.15) is 0 Å². The van der Waals surface area contributed by atoms with E-state index in [-0.39, 0.29) is 5.92 Å². The van der Waals surface area contributed by atoms with Crippen LogP contribution < -0.4 is 0 Å². The summed E-state index contributed by atoms with van der Waals surface area (Å²) in [5.41, 5.74) is 0. The molecule has 2 nitrogen and oxygen atoms in total. The van der Waals surface area contributed by atoms with Gasteiger partial charge in [0.05, 0.1) is 0 Å². The molecule has 2 atom stereocenters. The molecular formula is C13H25NO. The lowest BCUT2D eigenvalue weighted by molar-refractivity contribution is -0.137. The van der Waals surface area contributed by atoms with Gasteiger partial charge in [-0.25, -0.2) is 0 Å². The summed E-state index contributed by atoms with van der Waals surface area (Å²) in [6.07, 6.45) is 1.28. The van der Waals surface area contributed by atoms with Crippen molar-refractivity contribution in [2.45, 2.75) is 41.0 Å². The molecule has 0 spiro atoms. The van der Waals surface area contributed by atoms with Gasteiger partial charge in [0.15, 0.2) is 0 Å². The van der Waals surface area contributed by atoms with Crippen LogP contribution in [0, 0.1) is 23.7 Å². The molecule has 1 heterocycles. The number of piperidine rings is 1. The monoisotopic (exact) mass is 211 g/mol. The Labute approximate surface area is 94.0 Å². The lowest BCUT2D eigenvalue weighted by atomic mass is 9.83. The molecule has 1 amide bonds. The quantitative estimate of drug-likeness (QED) is 0.688. The number of amides is 1. The van der Waals surface area contributed by atoms with Gasteiger partial charge < -0.3 is 4.90 Å². The van der Waals surface area contributed by atoms with E-state index in [0.717, 1.165) is 13.1 Å². The van der Waals surface area contributed by atoms with Crippen LogP contribution >= 0.6 is 0 Å². The molecular weight excluding hydrogens is 186 g/mol. The Balaban J connectivity index is 2.63. The third-order valence-electron chi connectivity index (χ3n) is 3.44. The van der Waals surface area contributed by atoms with E-state index in [2.05, 4.69) is 25.7 Å². The van der Waals surface area contributed by atoms with E-state index in [0.29, 0.717) is 23.7 Å². The third kappa shape index (κ3) is 3.22. The molecule has 1 aliphatic rings. The summed E-state index contributed by atoms with van der Waals surface area (Å²) in [5, 5.41) is 0. The number of hydrogen-bond acceptors (Lipinski definition) is 1. The lowest BCUT2D eigenvalue weighted by Gasteiger charge is -2.39. The van der Waals surface area contributed by atoms with E-state index in [9.17, 15) is 4.79 Å². The standard InChI is InChI=1S/C13H25NO/c1-9(2)12-6-11(5)7-14(8-12)13(15)10(3)4/h9-12H,6-8H2,1-5H3. The molecule has 0 radical (unpaired) electrons. The van der Waals surface area contributed by atoms with Gasteiger partial charge in [0, 0.05) is 19.0 Å². The molecule has 88 valence electrons. The van der Waals surface area contributed by atoms with E-state index >= 15 is 0 Å². The minimum absolute atomic E-state index is 0.142. The summed E-state index contributed by atoms with van der Waals surface area (Å²) in [5.74, 6) is 2.51. The van der Waals surface area contributed by atoms with Crippen LogP contribution in [-0.2, 0) is 4.79 Å². The topological polar surface area (TPSA) is 20.3 Å². The summed E-state index contributed by atoms with van der Waals surface area (Å²) in [6.45, 7) is 12.7. The van der Waals surface area contributed by atoms with Gasteiger partial charge in [-0.1, -0.05) is 34.6 Å². The van der Waals surface area contributed by atoms with Crippen molar-refractivity contribution in [3.05, 3.63) is 0 Å². The van der Waals surface area contributed by atoms with Crippen LogP contribution in [0.1, 0.15) is 41.0 Å². The molecule has 1 saturated heterocycles. The first-order valence-corrected chi connectivity index (χ1v) is 6.20. The van der Waals surface area contributed by atoms with E-state index in [4.69, 9.17) is 0 Å². The predicted molar refractivity (Wildman–Crippen MR) is 63.5 cm³/mol. The second kappa shape index (κ2) is 5.00. The highest BCUT2D eigenvalue weighted by Crippen LogP contribution is 2.27. The molecule has 15 heavy (non-hydrogen) atoms. The van der Waals surface area contributed by atoms with Crippen molar-refractivity contribution in [3.8, 4) is 0 Å². The van der Waals surface area contributed by atoms with Crippen LogP contribution in [0.4, 0.5) is 0 Å². The predicted octanol–water partition coefficient (Wildman–Crippen LogP) is 2.78. The van der Waals surface area contributed by atoms with Gasteiger partial charge in [0.1, 0.15) is 0 Å². The molecule has 0 saturated carbocycles. The molecule has 0 aromatic rings. The fraction of sp³-hybridized carbons (Fsp3) is 0.923. The zero-order valence-corrected chi connectivity index (χ0v) is 10.8. The Morgan fingerprint density at radius 3 is 2.27 bits per heavy atom. The SMILES string of the molecule is CC1CC(C(C)C)CN(C(=O)C(C)C)C1. The molecule has 0 aromatic heterocycles. The van der Waals surface area contributed by atoms with E-state index in [1.54, 1.807) is 0 Å². The van der Waals surface area contributed by atoms with Crippen LogP contribution in [0.3, 0.4) is 0 Å². The zero-order valence-electron chi connectivity index (χ0n) is 10.8. The first-order valence-electron chi connectivity index (χ1n) is 6.20. The smallest absolute Gasteiger partial charge is 0.225 e. The summed E-state index contributed by atoms with van der Waals surface area (Å²) < 4.78 is 0. The van der Waals surface area contributed by atoms with Crippen LogP contribution in [0.15, 0.2) is 0 Å². The van der Waals surface area contributed by atoms with Gasteiger partial charge in [-0.05, 0) is 24.2 Å². The second-order valence-corrected chi connectivity index (χ2v) is 5.74. The van der Waals surface area contributed by atoms with Crippen LogP contribution in [0.25, 0.3) is 0 Å². The number of rotatable bonds is 2. The zero-order chi connectivity index (χ0) is 11.6.